The van der Waals surface area contributed by atoms with Crippen LogP contribution in [0.25, 0.3) is 0 Å². The van der Waals surface area contributed by atoms with Crippen LogP contribution in [0, 0.1) is 13.8 Å². The number of aromatic nitrogens is 3. The van der Waals surface area contributed by atoms with Crippen molar-refractivity contribution in [2.75, 3.05) is 31.1 Å². The fraction of sp³-hybridized carbons (Fsp3) is 0.412. The highest BCUT2D eigenvalue weighted by molar-refractivity contribution is 5.78. The highest BCUT2D eigenvalue weighted by Gasteiger charge is 2.23. The van der Waals surface area contributed by atoms with Crippen LogP contribution in [0.2, 0.25) is 0 Å². The van der Waals surface area contributed by atoms with Crippen LogP contribution in [0.5, 0.6) is 0 Å². The van der Waals surface area contributed by atoms with E-state index >= 15 is 0 Å². The second kappa shape index (κ2) is 6.73. The molecule has 23 heavy (non-hydrogen) atoms. The second-order valence-electron chi connectivity index (χ2n) is 5.82. The van der Waals surface area contributed by atoms with Gasteiger partial charge in [0.25, 0.3) is 0 Å². The summed E-state index contributed by atoms with van der Waals surface area (Å²) in [6.45, 7) is 6.87. The first-order valence-electron chi connectivity index (χ1n) is 7.87. The Labute approximate surface area is 136 Å². The lowest BCUT2D eigenvalue weighted by Crippen LogP contribution is -2.49. The summed E-state index contributed by atoms with van der Waals surface area (Å²) in [7, 11) is 0. The summed E-state index contributed by atoms with van der Waals surface area (Å²) < 4.78 is 0. The van der Waals surface area contributed by atoms with Crippen molar-refractivity contribution in [3.05, 3.63) is 47.5 Å². The van der Waals surface area contributed by atoms with Crippen molar-refractivity contribution < 1.29 is 4.79 Å². The third-order valence-corrected chi connectivity index (χ3v) is 3.94. The Balaban J connectivity index is 1.58. The van der Waals surface area contributed by atoms with Gasteiger partial charge in [-0.2, -0.15) is 0 Å². The fourth-order valence-electron chi connectivity index (χ4n) is 2.77. The predicted octanol–water partition coefficient (Wildman–Crippen LogP) is 1.38. The number of rotatable bonds is 3. The largest absolute Gasteiger partial charge is 0.339 e. The van der Waals surface area contributed by atoms with Crippen molar-refractivity contribution >= 4 is 11.9 Å². The van der Waals surface area contributed by atoms with Gasteiger partial charge in [0.05, 0.1) is 6.42 Å². The number of amides is 1. The van der Waals surface area contributed by atoms with Gasteiger partial charge in [0, 0.05) is 49.5 Å². The van der Waals surface area contributed by atoms with Crippen LogP contribution in [-0.2, 0) is 11.2 Å². The van der Waals surface area contributed by atoms with Crippen molar-refractivity contribution in [3.63, 3.8) is 0 Å². The van der Waals surface area contributed by atoms with Gasteiger partial charge in [-0.3, -0.25) is 9.78 Å². The van der Waals surface area contributed by atoms with Crippen molar-refractivity contribution in [1.82, 2.24) is 19.9 Å². The highest BCUT2D eigenvalue weighted by Crippen LogP contribution is 2.13. The number of carbonyl (C=O) groups excluding carboxylic acids is 1. The quantitative estimate of drug-likeness (QED) is 0.857. The minimum atomic E-state index is 0.129. The zero-order chi connectivity index (χ0) is 16.2. The maximum Gasteiger partial charge on any atom is 0.228 e. The number of aryl methyl sites for hydroxylation is 2. The second-order valence-corrected chi connectivity index (χ2v) is 5.82. The number of pyridine rings is 1. The van der Waals surface area contributed by atoms with Gasteiger partial charge in [0.2, 0.25) is 11.9 Å². The van der Waals surface area contributed by atoms with Gasteiger partial charge in [0.1, 0.15) is 0 Å². The van der Waals surface area contributed by atoms with Crippen LogP contribution in [0.1, 0.15) is 17.1 Å². The molecule has 0 atom stereocenters. The lowest BCUT2D eigenvalue weighted by molar-refractivity contribution is -0.130. The van der Waals surface area contributed by atoms with E-state index < -0.39 is 0 Å². The minimum Gasteiger partial charge on any atom is -0.339 e. The van der Waals surface area contributed by atoms with Gasteiger partial charge in [-0.15, -0.1) is 0 Å². The Kier molecular flexibility index (Phi) is 4.50. The summed E-state index contributed by atoms with van der Waals surface area (Å²) in [6.07, 6.45) is 2.08. The Morgan fingerprint density at radius 2 is 1.78 bits per heavy atom. The number of piperazine rings is 1. The molecule has 0 bridgehead atoms. The molecule has 0 unspecified atom stereocenters. The number of hydrogen-bond acceptors (Lipinski definition) is 5. The first-order chi connectivity index (χ1) is 11.1. The summed E-state index contributed by atoms with van der Waals surface area (Å²) in [5.41, 5.74) is 2.76. The molecule has 6 heteroatoms. The van der Waals surface area contributed by atoms with E-state index in [9.17, 15) is 4.79 Å². The van der Waals surface area contributed by atoms with E-state index in [1.54, 1.807) is 6.20 Å². The van der Waals surface area contributed by atoms with E-state index in [1.165, 1.54) is 0 Å². The smallest absolute Gasteiger partial charge is 0.228 e. The van der Waals surface area contributed by atoms with Crippen molar-refractivity contribution in [1.29, 1.82) is 0 Å². The molecule has 2 aromatic rings. The molecule has 0 aliphatic carbocycles. The molecule has 1 aliphatic heterocycles. The van der Waals surface area contributed by atoms with Crippen molar-refractivity contribution in [2.24, 2.45) is 0 Å². The van der Waals surface area contributed by atoms with Crippen LogP contribution in [0.15, 0.2) is 30.5 Å². The summed E-state index contributed by atoms with van der Waals surface area (Å²) in [4.78, 5) is 29.6. The molecule has 0 aromatic carbocycles. The standard InChI is InChI=1S/C17H21N5O/c1-13-11-14(2)20-17(19-13)22-9-7-21(8-10-22)16(23)12-15-5-3-4-6-18-15/h3-6,11H,7-10,12H2,1-2H3. The van der Waals surface area contributed by atoms with E-state index in [-0.39, 0.29) is 5.91 Å². The maximum atomic E-state index is 12.4. The van der Waals surface area contributed by atoms with Crippen molar-refractivity contribution in [3.8, 4) is 0 Å². The number of nitrogens with zero attached hydrogens (tertiary/aromatic N) is 5. The molecule has 0 saturated carbocycles. The maximum absolute atomic E-state index is 12.4. The number of anilines is 1. The van der Waals surface area contributed by atoms with Gasteiger partial charge in [0.15, 0.2) is 0 Å². The lowest BCUT2D eigenvalue weighted by atomic mass is 10.2. The first-order valence-corrected chi connectivity index (χ1v) is 7.87. The van der Waals surface area contributed by atoms with Gasteiger partial charge in [-0.25, -0.2) is 9.97 Å². The van der Waals surface area contributed by atoms with E-state index in [0.29, 0.717) is 19.5 Å². The average molecular weight is 311 g/mol. The first kappa shape index (κ1) is 15.4. The molecule has 3 rings (SSSR count). The zero-order valence-electron chi connectivity index (χ0n) is 13.6. The highest BCUT2D eigenvalue weighted by atomic mass is 16.2. The van der Waals surface area contributed by atoms with E-state index in [1.807, 2.05) is 43.0 Å². The van der Waals surface area contributed by atoms with E-state index in [0.717, 1.165) is 36.1 Å². The molecule has 1 fully saturated rings. The van der Waals surface area contributed by atoms with Crippen LogP contribution in [-0.4, -0.2) is 51.9 Å². The lowest BCUT2D eigenvalue weighted by Gasteiger charge is -2.35. The Morgan fingerprint density at radius 1 is 1.09 bits per heavy atom. The fourth-order valence-corrected chi connectivity index (χ4v) is 2.77. The molecule has 1 aliphatic rings. The minimum absolute atomic E-state index is 0.129. The Bertz CT molecular complexity index is 660. The third kappa shape index (κ3) is 3.83. The predicted molar refractivity (Wildman–Crippen MR) is 88.2 cm³/mol. The summed E-state index contributed by atoms with van der Waals surface area (Å²) in [5.74, 6) is 0.893. The molecule has 0 N–H and O–H groups in total. The summed E-state index contributed by atoms with van der Waals surface area (Å²) in [6, 6.07) is 7.62. The van der Waals surface area contributed by atoms with Crippen LogP contribution >= 0.6 is 0 Å². The molecule has 120 valence electrons. The third-order valence-electron chi connectivity index (χ3n) is 3.94. The molecule has 0 spiro atoms. The van der Waals surface area contributed by atoms with Gasteiger partial charge >= 0.3 is 0 Å². The molecule has 1 amide bonds. The van der Waals surface area contributed by atoms with Crippen LogP contribution in [0.3, 0.4) is 0 Å². The number of carbonyl (C=O) groups is 1. The molecule has 2 aromatic heterocycles. The van der Waals surface area contributed by atoms with Crippen LogP contribution < -0.4 is 4.90 Å². The van der Waals surface area contributed by atoms with Gasteiger partial charge in [-0.1, -0.05) is 6.07 Å². The van der Waals surface area contributed by atoms with Gasteiger partial charge < -0.3 is 9.80 Å². The zero-order valence-corrected chi connectivity index (χ0v) is 13.6. The molecular weight excluding hydrogens is 290 g/mol. The molecule has 6 nitrogen and oxygen atoms in total. The molecule has 3 heterocycles. The topological polar surface area (TPSA) is 62.2 Å². The SMILES string of the molecule is Cc1cc(C)nc(N2CCN(C(=O)Cc3ccccn3)CC2)n1. The molecule has 0 radical (unpaired) electrons. The Hall–Kier alpha value is -2.50. The summed E-state index contributed by atoms with van der Waals surface area (Å²) >= 11 is 0. The van der Waals surface area contributed by atoms with E-state index in [2.05, 4.69) is 19.9 Å². The van der Waals surface area contributed by atoms with E-state index in [4.69, 9.17) is 0 Å². The monoisotopic (exact) mass is 311 g/mol. The Morgan fingerprint density at radius 3 is 2.39 bits per heavy atom. The van der Waals surface area contributed by atoms with Gasteiger partial charge in [-0.05, 0) is 32.0 Å². The summed E-state index contributed by atoms with van der Waals surface area (Å²) in [5, 5.41) is 0. The number of hydrogen-bond donors (Lipinski definition) is 0. The van der Waals surface area contributed by atoms with Crippen molar-refractivity contribution in [2.45, 2.75) is 20.3 Å². The molecular formula is C17H21N5O. The normalized spacial score (nSPS) is 14.9. The van der Waals surface area contributed by atoms with Crippen LogP contribution in [0.4, 0.5) is 5.95 Å². The molecule has 1 saturated heterocycles. The average Bonchev–Trinajstić information content (AvgIpc) is 2.55.